The second kappa shape index (κ2) is 3.85. The van der Waals surface area contributed by atoms with Gasteiger partial charge >= 0.3 is 7.60 Å². The van der Waals surface area contributed by atoms with Gasteiger partial charge in [0.1, 0.15) is 6.26 Å². The number of hydrogen-bond donors (Lipinski definition) is 2. The van der Waals surface area contributed by atoms with Crippen LogP contribution in [-0.2, 0) is 9.09 Å². The van der Waals surface area contributed by atoms with Gasteiger partial charge in [0.25, 0.3) is 0 Å². The van der Waals surface area contributed by atoms with Crippen LogP contribution in [0.5, 0.6) is 0 Å². The molecule has 2 heterocycles. The lowest BCUT2D eigenvalue weighted by Crippen LogP contribution is -2.18. The van der Waals surface area contributed by atoms with Gasteiger partial charge < -0.3 is 14.3 Å². The van der Waals surface area contributed by atoms with Crippen LogP contribution in [0.15, 0.2) is 12.6 Å². The van der Waals surface area contributed by atoms with Gasteiger partial charge in [-0.15, -0.1) is 11.3 Å². The van der Waals surface area contributed by atoms with Gasteiger partial charge in [-0.1, -0.05) is 6.58 Å². The molecule has 0 spiro atoms. The average Bonchev–Trinajstić information content (AvgIpc) is 2.58. The van der Waals surface area contributed by atoms with E-state index in [9.17, 15) is 4.57 Å². The lowest BCUT2D eigenvalue weighted by molar-refractivity contribution is 0.388. The smallest absolute Gasteiger partial charge is 0.357 e. The Hall–Kier alpha value is -0.440. The van der Waals surface area contributed by atoms with Crippen LogP contribution in [0.3, 0.4) is 0 Å². The minimum absolute atomic E-state index is 0.132. The van der Waals surface area contributed by atoms with Crippen molar-refractivity contribution in [2.24, 2.45) is 0 Å². The molecule has 1 aromatic rings. The van der Waals surface area contributed by atoms with Crippen molar-refractivity contribution < 1.29 is 18.9 Å². The van der Waals surface area contributed by atoms with Gasteiger partial charge in [0.05, 0.1) is 18.7 Å². The van der Waals surface area contributed by atoms with Gasteiger partial charge in [-0.3, -0.25) is 4.57 Å². The Morgan fingerprint density at radius 1 is 1.60 bits per heavy atom. The third kappa shape index (κ3) is 2.22. The number of fused-ring (bicyclic) bond motifs is 1. The van der Waals surface area contributed by atoms with E-state index in [-0.39, 0.29) is 14.1 Å². The second-order valence-electron chi connectivity index (χ2n) is 2.92. The van der Waals surface area contributed by atoms with Gasteiger partial charge in [0.15, 0.2) is 0 Å². The fraction of sp³-hybridized carbons (Fsp3) is 0. The highest BCUT2D eigenvalue weighted by atomic mass is 32.1. The third-order valence-corrected chi connectivity index (χ3v) is 4.79. The summed E-state index contributed by atoms with van der Waals surface area (Å²) in [4.78, 5) is 18.4. The van der Waals surface area contributed by atoms with Crippen molar-refractivity contribution in [3.05, 3.63) is 27.3 Å². The molecule has 0 amide bonds. The quantitative estimate of drug-likeness (QED) is 0.780. The molecule has 1 aliphatic heterocycles. The minimum Gasteiger partial charge on any atom is -0.479 e. The van der Waals surface area contributed by atoms with Crippen molar-refractivity contribution >= 4 is 45.1 Å². The molecule has 0 saturated carbocycles. The normalized spacial score (nSPS) is 16.1. The summed E-state index contributed by atoms with van der Waals surface area (Å²) in [6.45, 7) is 3.42. The first-order valence-electron chi connectivity index (χ1n) is 3.95. The summed E-state index contributed by atoms with van der Waals surface area (Å²) in [6, 6.07) is 1.73. The molecule has 80 valence electrons. The molecule has 4 nitrogen and oxygen atoms in total. The van der Waals surface area contributed by atoms with Gasteiger partial charge in [-0.25, -0.2) is 0 Å². The maximum Gasteiger partial charge on any atom is 0.357 e. The predicted molar refractivity (Wildman–Crippen MR) is 63.0 cm³/mol. The molecule has 0 saturated heterocycles. The topological polar surface area (TPSA) is 66.8 Å². The summed E-state index contributed by atoms with van der Waals surface area (Å²) in [5.41, 5.74) is 0. The monoisotopic (exact) mass is 262 g/mol. The summed E-state index contributed by atoms with van der Waals surface area (Å²) >= 11 is 1.27. The van der Waals surface area contributed by atoms with Gasteiger partial charge in [-0.2, -0.15) is 0 Å². The van der Waals surface area contributed by atoms with E-state index in [0.29, 0.717) is 4.88 Å². The van der Waals surface area contributed by atoms with Crippen molar-refractivity contribution in [1.82, 2.24) is 0 Å². The molecule has 0 radical (unpaired) electrons. The first-order chi connectivity index (χ1) is 6.98. The van der Waals surface area contributed by atoms with Crippen molar-refractivity contribution in [2.45, 2.75) is 0 Å². The van der Waals surface area contributed by atoms with Crippen molar-refractivity contribution in [2.75, 3.05) is 0 Å². The Kier molecular flexibility index (Phi) is 2.84. The van der Waals surface area contributed by atoms with Crippen LogP contribution in [0, 0.1) is 0 Å². The Morgan fingerprint density at radius 3 is 2.93 bits per heavy atom. The SMILES string of the molecule is C=C(c1cc2c(s1)=COPC=2)P(=O)(O)O. The molecule has 15 heavy (non-hydrogen) atoms. The Morgan fingerprint density at radius 2 is 2.33 bits per heavy atom. The molecule has 1 aliphatic rings. The standard InChI is InChI=1S/C8H8O4P2S/c1-5(14(9,10)11)7-2-6-4-13-12-3-8(6)15-7/h2-4,13H,1H2,(H2,9,10,11). The summed E-state index contributed by atoms with van der Waals surface area (Å²) in [6.07, 6.45) is 1.61. The lowest BCUT2D eigenvalue weighted by atomic mass is 10.4. The maximum atomic E-state index is 11.0. The van der Waals surface area contributed by atoms with E-state index in [1.165, 1.54) is 11.3 Å². The highest BCUT2D eigenvalue weighted by Gasteiger charge is 2.21. The van der Waals surface area contributed by atoms with Crippen molar-refractivity contribution in [1.29, 1.82) is 0 Å². The van der Waals surface area contributed by atoms with E-state index >= 15 is 0 Å². The molecule has 1 unspecified atom stereocenters. The average molecular weight is 262 g/mol. The van der Waals surface area contributed by atoms with E-state index in [0.717, 1.165) is 9.75 Å². The molecule has 0 aromatic carbocycles. The lowest BCUT2D eigenvalue weighted by Gasteiger charge is -2.03. The summed E-state index contributed by atoms with van der Waals surface area (Å²) in [5.74, 6) is 1.89. The predicted octanol–water partition coefficient (Wildman–Crippen LogP) is 0.996. The molecule has 0 fully saturated rings. The highest BCUT2D eigenvalue weighted by Crippen LogP contribution is 2.50. The molecule has 1 aromatic heterocycles. The first-order valence-corrected chi connectivity index (χ1v) is 7.37. The van der Waals surface area contributed by atoms with Crippen LogP contribution in [0.2, 0.25) is 0 Å². The molecule has 2 rings (SSSR count). The Labute approximate surface area is 91.6 Å². The van der Waals surface area contributed by atoms with Gasteiger partial charge in [-0.05, 0) is 17.1 Å². The zero-order chi connectivity index (χ0) is 11.1. The summed E-state index contributed by atoms with van der Waals surface area (Å²) < 4.78 is 17.0. The Balaban J connectivity index is 2.54. The zero-order valence-corrected chi connectivity index (χ0v) is 10.2. The number of hydrogen-bond acceptors (Lipinski definition) is 3. The largest absolute Gasteiger partial charge is 0.479 e. The second-order valence-corrected chi connectivity index (χ2v) is 6.39. The molecule has 1 atom stereocenters. The van der Waals surface area contributed by atoms with E-state index in [2.05, 4.69) is 6.58 Å². The van der Waals surface area contributed by atoms with Crippen LogP contribution in [0.1, 0.15) is 4.88 Å². The fourth-order valence-electron chi connectivity index (χ4n) is 1.09. The zero-order valence-electron chi connectivity index (χ0n) is 7.51. The fourth-order valence-corrected chi connectivity index (χ4v) is 3.62. The molecular formula is C8H8O4P2S. The van der Waals surface area contributed by atoms with E-state index in [1.54, 1.807) is 12.3 Å². The van der Waals surface area contributed by atoms with Crippen molar-refractivity contribution in [3.8, 4) is 0 Å². The van der Waals surface area contributed by atoms with Crippen LogP contribution in [0.25, 0.3) is 17.4 Å². The molecular weight excluding hydrogens is 254 g/mol. The van der Waals surface area contributed by atoms with Gasteiger partial charge in [0, 0.05) is 4.88 Å². The summed E-state index contributed by atoms with van der Waals surface area (Å²) in [5, 5.41) is 0.821. The third-order valence-electron chi connectivity index (χ3n) is 1.88. The molecule has 2 N–H and O–H groups in total. The van der Waals surface area contributed by atoms with Crippen molar-refractivity contribution in [3.63, 3.8) is 0 Å². The first kappa shape index (κ1) is 11.1. The number of thiophene rings is 1. The molecule has 0 aliphatic carbocycles. The van der Waals surface area contributed by atoms with Crippen LogP contribution >= 0.6 is 27.7 Å². The highest BCUT2D eigenvalue weighted by molar-refractivity contribution is 7.63. The maximum absolute atomic E-state index is 11.0. The van der Waals surface area contributed by atoms with Crippen LogP contribution in [-0.4, -0.2) is 9.79 Å². The van der Waals surface area contributed by atoms with E-state index < -0.39 is 7.60 Å². The molecule has 0 bridgehead atoms. The molecule has 7 heteroatoms. The number of rotatable bonds is 2. The summed E-state index contributed by atoms with van der Waals surface area (Å²) in [7, 11) is -3.97. The van der Waals surface area contributed by atoms with Crippen LogP contribution in [0.4, 0.5) is 0 Å². The van der Waals surface area contributed by atoms with E-state index in [4.69, 9.17) is 14.3 Å². The van der Waals surface area contributed by atoms with Crippen LogP contribution < -0.4 is 9.75 Å². The van der Waals surface area contributed by atoms with Gasteiger partial charge in [0.2, 0.25) is 0 Å². The van der Waals surface area contributed by atoms with E-state index in [1.807, 2.05) is 5.82 Å². The minimum atomic E-state index is -4.24. The Bertz CT molecular complexity index is 534.